The normalized spacial score (nSPS) is 10.8. The van der Waals surface area contributed by atoms with Gasteiger partial charge in [0.05, 0.1) is 17.3 Å². The van der Waals surface area contributed by atoms with E-state index in [4.69, 9.17) is 5.11 Å². The first kappa shape index (κ1) is 12.7. The molecule has 1 aromatic heterocycles. The molecule has 3 nitrogen and oxygen atoms in total. The van der Waals surface area contributed by atoms with E-state index in [0.717, 1.165) is 25.7 Å². The Kier molecular flexibility index (Phi) is 3.91. The average Bonchev–Trinajstić information content (AvgIpc) is 2.58. The highest BCUT2D eigenvalue weighted by molar-refractivity contribution is 9.10. The number of nitrogens with zero attached hydrogens (tertiary/aromatic N) is 2. The summed E-state index contributed by atoms with van der Waals surface area (Å²) in [6.07, 6.45) is 0. The van der Waals surface area contributed by atoms with Gasteiger partial charge in [-0.25, -0.2) is 0 Å². The van der Waals surface area contributed by atoms with Crippen LogP contribution in [0, 0.1) is 6.92 Å². The molecule has 0 aliphatic carbocycles. The predicted molar refractivity (Wildman–Crippen MR) is 72.1 cm³/mol. The first-order chi connectivity index (χ1) is 8.10. The van der Waals surface area contributed by atoms with E-state index in [1.54, 1.807) is 11.8 Å². The van der Waals surface area contributed by atoms with E-state index in [-0.39, 0.29) is 6.61 Å². The molecule has 0 saturated carbocycles. The van der Waals surface area contributed by atoms with Crippen LogP contribution in [-0.4, -0.2) is 14.9 Å². The van der Waals surface area contributed by atoms with Gasteiger partial charge < -0.3 is 5.11 Å². The second-order valence-electron chi connectivity index (χ2n) is 3.76. The highest BCUT2D eigenvalue weighted by Crippen LogP contribution is 2.31. The lowest BCUT2D eigenvalue weighted by Gasteiger charge is -2.05. The van der Waals surface area contributed by atoms with Crippen molar-refractivity contribution in [3.05, 3.63) is 40.0 Å². The minimum Gasteiger partial charge on any atom is -0.392 e. The molecule has 0 amide bonds. The first-order valence-corrected chi connectivity index (χ1v) is 6.79. The number of aliphatic hydroxyl groups excluding tert-OH is 1. The van der Waals surface area contributed by atoms with Crippen LogP contribution < -0.4 is 0 Å². The molecule has 5 heteroatoms. The van der Waals surface area contributed by atoms with Crippen LogP contribution in [-0.2, 0) is 13.7 Å². The van der Waals surface area contributed by atoms with Gasteiger partial charge in [-0.2, -0.15) is 5.10 Å². The second kappa shape index (κ2) is 5.25. The number of aromatic nitrogens is 2. The first-order valence-electron chi connectivity index (χ1n) is 5.18. The van der Waals surface area contributed by atoms with Gasteiger partial charge in [-0.15, -0.1) is 0 Å². The molecule has 0 bridgehead atoms. The molecule has 1 heterocycles. The molecule has 0 unspecified atom stereocenters. The zero-order valence-corrected chi connectivity index (χ0v) is 12.0. The molecular formula is C12H13BrN2OS. The molecule has 17 heavy (non-hydrogen) atoms. The van der Waals surface area contributed by atoms with Crippen molar-refractivity contribution in [3.8, 4) is 0 Å². The van der Waals surface area contributed by atoms with E-state index in [1.807, 2.05) is 36.9 Å². The Labute approximate surface area is 113 Å². The highest BCUT2D eigenvalue weighted by atomic mass is 79.9. The molecule has 1 N–H and O–H groups in total. The van der Waals surface area contributed by atoms with Gasteiger partial charge in [0.1, 0.15) is 0 Å². The van der Waals surface area contributed by atoms with Gasteiger partial charge in [0.15, 0.2) is 0 Å². The summed E-state index contributed by atoms with van der Waals surface area (Å²) in [6, 6.07) is 8.00. The summed E-state index contributed by atoms with van der Waals surface area (Å²) in [5.74, 6) is 0. The lowest BCUT2D eigenvalue weighted by molar-refractivity contribution is 0.281. The summed E-state index contributed by atoms with van der Waals surface area (Å²) >= 11 is 5.11. The summed E-state index contributed by atoms with van der Waals surface area (Å²) in [4.78, 5) is 1.12. The predicted octanol–water partition coefficient (Wildman–Crippen LogP) is 3.13. The van der Waals surface area contributed by atoms with Crippen LogP contribution in [0.1, 0.15) is 11.3 Å². The quantitative estimate of drug-likeness (QED) is 0.946. The van der Waals surface area contributed by atoms with Crippen molar-refractivity contribution in [2.24, 2.45) is 7.05 Å². The summed E-state index contributed by atoms with van der Waals surface area (Å²) in [6.45, 7) is 2.03. The van der Waals surface area contributed by atoms with E-state index in [2.05, 4.69) is 27.1 Å². The van der Waals surface area contributed by atoms with E-state index in [1.165, 1.54) is 0 Å². The fraction of sp³-hybridized carbons (Fsp3) is 0.250. The SMILES string of the molecule is Cc1cc(Sc2ccc(CO)c(Br)c2)n(C)n1. The third-order valence-electron chi connectivity index (χ3n) is 2.38. The van der Waals surface area contributed by atoms with Crippen LogP contribution in [0.3, 0.4) is 0 Å². The average molecular weight is 313 g/mol. The maximum absolute atomic E-state index is 9.10. The zero-order valence-electron chi connectivity index (χ0n) is 9.64. The third-order valence-corrected chi connectivity index (χ3v) is 4.20. The Morgan fingerprint density at radius 2 is 2.18 bits per heavy atom. The van der Waals surface area contributed by atoms with Crippen LogP contribution >= 0.6 is 27.7 Å². The van der Waals surface area contributed by atoms with Crippen molar-refractivity contribution < 1.29 is 5.11 Å². The third kappa shape index (κ3) is 2.91. The number of aliphatic hydroxyl groups is 1. The van der Waals surface area contributed by atoms with Crippen LogP contribution in [0.4, 0.5) is 0 Å². The van der Waals surface area contributed by atoms with Crippen molar-refractivity contribution in [3.63, 3.8) is 0 Å². The van der Waals surface area contributed by atoms with E-state index in [9.17, 15) is 0 Å². The standard InChI is InChI=1S/C12H13BrN2OS/c1-8-5-12(15(2)14-8)17-10-4-3-9(7-16)11(13)6-10/h3-6,16H,7H2,1-2H3. The van der Waals surface area contributed by atoms with E-state index in [0.29, 0.717) is 0 Å². The number of benzene rings is 1. The number of rotatable bonds is 3. The lowest BCUT2D eigenvalue weighted by Crippen LogP contribution is -1.92. The number of hydrogen-bond acceptors (Lipinski definition) is 3. The number of halogens is 1. The second-order valence-corrected chi connectivity index (χ2v) is 5.71. The van der Waals surface area contributed by atoms with Gasteiger partial charge in [-0.3, -0.25) is 4.68 Å². The smallest absolute Gasteiger partial charge is 0.0986 e. The molecule has 1 aromatic carbocycles. The molecular weight excluding hydrogens is 300 g/mol. The lowest BCUT2D eigenvalue weighted by atomic mass is 10.2. The summed E-state index contributed by atoms with van der Waals surface area (Å²) in [5.41, 5.74) is 1.91. The molecule has 0 fully saturated rings. The summed E-state index contributed by atoms with van der Waals surface area (Å²) < 4.78 is 2.80. The van der Waals surface area contributed by atoms with Gasteiger partial charge in [0, 0.05) is 16.4 Å². The summed E-state index contributed by atoms with van der Waals surface area (Å²) in [5, 5.41) is 14.5. The Morgan fingerprint density at radius 3 is 2.71 bits per heavy atom. The molecule has 90 valence electrons. The van der Waals surface area contributed by atoms with Crippen molar-refractivity contribution in [1.29, 1.82) is 0 Å². The monoisotopic (exact) mass is 312 g/mol. The topological polar surface area (TPSA) is 38.0 Å². The van der Waals surface area contributed by atoms with E-state index >= 15 is 0 Å². The molecule has 0 spiro atoms. The minimum absolute atomic E-state index is 0.0519. The van der Waals surface area contributed by atoms with Crippen molar-refractivity contribution in [1.82, 2.24) is 9.78 Å². The maximum Gasteiger partial charge on any atom is 0.0986 e. The largest absolute Gasteiger partial charge is 0.392 e. The fourth-order valence-corrected chi connectivity index (χ4v) is 3.14. The Balaban J connectivity index is 2.24. The molecule has 0 aliphatic heterocycles. The van der Waals surface area contributed by atoms with Crippen molar-refractivity contribution in [2.45, 2.75) is 23.5 Å². The van der Waals surface area contributed by atoms with Crippen LogP contribution in [0.2, 0.25) is 0 Å². The molecule has 0 aliphatic rings. The van der Waals surface area contributed by atoms with Gasteiger partial charge in [0.25, 0.3) is 0 Å². The van der Waals surface area contributed by atoms with Gasteiger partial charge in [-0.1, -0.05) is 33.8 Å². The number of hydrogen-bond donors (Lipinski definition) is 1. The maximum atomic E-state index is 9.10. The Hall–Kier alpha value is -0.780. The van der Waals surface area contributed by atoms with Crippen molar-refractivity contribution >= 4 is 27.7 Å². The highest BCUT2D eigenvalue weighted by Gasteiger charge is 2.06. The Bertz CT molecular complexity index is 539. The van der Waals surface area contributed by atoms with Crippen LogP contribution in [0.15, 0.2) is 38.7 Å². The number of aryl methyl sites for hydroxylation is 2. The zero-order chi connectivity index (χ0) is 12.4. The fourth-order valence-electron chi connectivity index (χ4n) is 1.52. The van der Waals surface area contributed by atoms with Crippen molar-refractivity contribution in [2.75, 3.05) is 0 Å². The minimum atomic E-state index is 0.0519. The molecule has 0 radical (unpaired) electrons. The molecule has 2 rings (SSSR count). The molecule has 2 aromatic rings. The van der Waals surface area contributed by atoms with Gasteiger partial charge in [-0.05, 0) is 30.7 Å². The van der Waals surface area contributed by atoms with Gasteiger partial charge >= 0.3 is 0 Å². The Morgan fingerprint density at radius 1 is 1.41 bits per heavy atom. The summed E-state index contributed by atoms with van der Waals surface area (Å²) in [7, 11) is 1.94. The van der Waals surface area contributed by atoms with Gasteiger partial charge in [0.2, 0.25) is 0 Å². The molecule has 0 atom stereocenters. The van der Waals surface area contributed by atoms with Crippen LogP contribution in [0.25, 0.3) is 0 Å². The van der Waals surface area contributed by atoms with Crippen LogP contribution in [0.5, 0.6) is 0 Å². The van der Waals surface area contributed by atoms with E-state index < -0.39 is 0 Å². The molecule has 0 saturated heterocycles.